The number of hydrogen-bond donors (Lipinski definition) is 1. The Labute approximate surface area is 153 Å². The lowest BCUT2D eigenvalue weighted by Crippen LogP contribution is -2.15. The summed E-state index contributed by atoms with van der Waals surface area (Å²) in [4.78, 5) is 16.2. The first-order valence-corrected chi connectivity index (χ1v) is 8.89. The molecule has 0 aliphatic heterocycles. The zero-order chi connectivity index (χ0) is 18.5. The van der Waals surface area contributed by atoms with Gasteiger partial charge >= 0.3 is 0 Å². The predicted octanol–water partition coefficient (Wildman–Crippen LogP) is 5.86. The Morgan fingerprint density at radius 3 is 2.38 bits per heavy atom. The van der Waals surface area contributed by atoms with E-state index in [1.54, 1.807) is 31.5 Å². The smallest absolute Gasteiger partial charge is 0.275 e. The fourth-order valence-electron chi connectivity index (χ4n) is 1.64. The van der Waals surface area contributed by atoms with E-state index in [1.165, 1.54) is 6.42 Å². The number of pyridine rings is 1. The van der Waals surface area contributed by atoms with Gasteiger partial charge in [-0.3, -0.25) is 4.79 Å². The van der Waals surface area contributed by atoms with Gasteiger partial charge in [-0.15, -0.1) is 0 Å². The average Bonchev–Trinajstić information content (AvgIpc) is 2.59. The molecule has 2 aromatic rings. The standard InChI is InChI=1S/C14H13BrN2O2.C3H8.C2H6/c1-9-8-10(19-2)5-6-12(9)17-14(18)13-11(15)4-3-7-16-13;1-3-2;1-2/h3-8H,1-2H3,(H,17,18);3H2,1-2H3;1-2H3. The second-order valence-corrected chi connectivity index (χ2v) is 5.53. The Kier molecular flexibility index (Phi) is 11.5. The summed E-state index contributed by atoms with van der Waals surface area (Å²) in [6, 6.07) is 9.02. The molecule has 0 saturated heterocycles. The molecule has 1 heterocycles. The van der Waals surface area contributed by atoms with Crippen LogP contribution in [0, 0.1) is 6.92 Å². The van der Waals surface area contributed by atoms with Gasteiger partial charge in [0.2, 0.25) is 0 Å². The summed E-state index contributed by atoms with van der Waals surface area (Å²) in [6.07, 6.45) is 2.83. The van der Waals surface area contributed by atoms with Crippen LogP contribution in [0.4, 0.5) is 5.69 Å². The van der Waals surface area contributed by atoms with Crippen molar-refractivity contribution >= 4 is 27.5 Å². The highest BCUT2D eigenvalue weighted by Crippen LogP contribution is 2.22. The Balaban J connectivity index is 0.000000952. The van der Waals surface area contributed by atoms with Gasteiger partial charge in [-0.25, -0.2) is 4.98 Å². The first-order chi connectivity index (χ1) is 11.5. The van der Waals surface area contributed by atoms with E-state index in [0.717, 1.165) is 17.0 Å². The van der Waals surface area contributed by atoms with Crippen LogP contribution in [0.1, 0.15) is 50.2 Å². The fraction of sp³-hybridized carbons (Fsp3) is 0.368. The van der Waals surface area contributed by atoms with E-state index < -0.39 is 0 Å². The summed E-state index contributed by atoms with van der Waals surface area (Å²) in [6.45, 7) is 10.2. The molecule has 132 valence electrons. The van der Waals surface area contributed by atoms with Crippen LogP contribution in [-0.4, -0.2) is 18.0 Å². The molecule has 1 aromatic carbocycles. The van der Waals surface area contributed by atoms with E-state index >= 15 is 0 Å². The second kappa shape index (κ2) is 12.5. The number of aromatic nitrogens is 1. The first kappa shape index (κ1) is 22.1. The highest BCUT2D eigenvalue weighted by molar-refractivity contribution is 9.10. The number of hydrogen-bond acceptors (Lipinski definition) is 3. The van der Waals surface area contributed by atoms with Crippen molar-refractivity contribution in [1.82, 2.24) is 4.98 Å². The van der Waals surface area contributed by atoms with Crippen LogP contribution in [0.3, 0.4) is 0 Å². The van der Waals surface area contributed by atoms with Crippen molar-refractivity contribution < 1.29 is 9.53 Å². The number of anilines is 1. The molecule has 0 aliphatic carbocycles. The summed E-state index contributed by atoms with van der Waals surface area (Å²) < 4.78 is 5.79. The molecule has 2 rings (SSSR count). The second-order valence-electron chi connectivity index (χ2n) is 4.68. The number of methoxy groups -OCH3 is 1. The number of nitrogens with one attached hydrogen (secondary N) is 1. The number of amides is 1. The largest absolute Gasteiger partial charge is 0.497 e. The van der Waals surface area contributed by atoms with Crippen molar-refractivity contribution in [2.45, 2.75) is 41.0 Å². The number of halogens is 1. The molecule has 4 nitrogen and oxygen atoms in total. The molecule has 1 N–H and O–H groups in total. The van der Waals surface area contributed by atoms with Gasteiger partial charge in [0.25, 0.3) is 5.91 Å². The molecule has 0 atom stereocenters. The van der Waals surface area contributed by atoms with Crippen LogP contribution in [0.2, 0.25) is 0 Å². The van der Waals surface area contributed by atoms with Gasteiger partial charge in [0.05, 0.1) is 7.11 Å². The van der Waals surface area contributed by atoms with Crippen molar-refractivity contribution in [2.24, 2.45) is 0 Å². The maximum atomic E-state index is 12.1. The molecule has 0 spiro atoms. The minimum absolute atomic E-state index is 0.249. The highest BCUT2D eigenvalue weighted by Gasteiger charge is 2.12. The fourth-order valence-corrected chi connectivity index (χ4v) is 2.07. The topological polar surface area (TPSA) is 51.2 Å². The third kappa shape index (κ3) is 7.13. The van der Waals surface area contributed by atoms with Crippen LogP contribution in [0.5, 0.6) is 5.75 Å². The minimum Gasteiger partial charge on any atom is -0.497 e. The summed E-state index contributed by atoms with van der Waals surface area (Å²) in [5, 5.41) is 2.83. The van der Waals surface area contributed by atoms with Crippen LogP contribution in [-0.2, 0) is 0 Å². The van der Waals surface area contributed by atoms with E-state index in [4.69, 9.17) is 4.74 Å². The van der Waals surface area contributed by atoms with Crippen molar-refractivity contribution in [3.8, 4) is 5.75 Å². The molecule has 0 fully saturated rings. The summed E-state index contributed by atoms with van der Waals surface area (Å²) in [7, 11) is 1.61. The van der Waals surface area contributed by atoms with Crippen LogP contribution >= 0.6 is 15.9 Å². The van der Waals surface area contributed by atoms with Crippen molar-refractivity contribution in [2.75, 3.05) is 12.4 Å². The third-order valence-corrected chi connectivity index (χ3v) is 3.30. The number of aryl methyl sites for hydroxylation is 1. The summed E-state index contributed by atoms with van der Waals surface area (Å²) in [5.41, 5.74) is 2.03. The Morgan fingerprint density at radius 1 is 1.25 bits per heavy atom. The molecule has 0 radical (unpaired) electrons. The summed E-state index contributed by atoms with van der Waals surface area (Å²) >= 11 is 3.31. The van der Waals surface area contributed by atoms with E-state index in [1.807, 2.05) is 32.9 Å². The van der Waals surface area contributed by atoms with Gasteiger partial charge in [-0.05, 0) is 58.7 Å². The van der Waals surface area contributed by atoms with Crippen molar-refractivity contribution in [3.63, 3.8) is 0 Å². The molecule has 1 aromatic heterocycles. The van der Waals surface area contributed by atoms with Crippen molar-refractivity contribution in [3.05, 3.63) is 52.3 Å². The normalized spacial score (nSPS) is 8.96. The molecule has 0 bridgehead atoms. The van der Waals surface area contributed by atoms with Crippen LogP contribution in [0.15, 0.2) is 41.0 Å². The molecule has 24 heavy (non-hydrogen) atoms. The van der Waals surface area contributed by atoms with E-state index in [9.17, 15) is 4.79 Å². The number of carbonyl (C=O) groups excluding carboxylic acids is 1. The lowest BCUT2D eigenvalue weighted by Gasteiger charge is -2.10. The Hall–Kier alpha value is -1.88. The van der Waals surface area contributed by atoms with Gasteiger partial charge < -0.3 is 10.1 Å². The molecule has 0 unspecified atom stereocenters. The van der Waals surface area contributed by atoms with Gasteiger partial charge in [0.1, 0.15) is 11.4 Å². The first-order valence-electron chi connectivity index (χ1n) is 8.09. The van der Waals surface area contributed by atoms with Gasteiger partial charge in [-0.1, -0.05) is 34.1 Å². The number of carbonyl (C=O) groups is 1. The SMILES string of the molecule is CC.CCC.COc1ccc(NC(=O)c2ncccc2Br)c(C)c1. The third-order valence-electron chi connectivity index (χ3n) is 2.66. The Bertz CT molecular complexity index is 631. The maximum Gasteiger partial charge on any atom is 0.275 e. The molecular weight excluding hydrogens is 368 g/mol. The predicted molar refractivity (Wildman–Crippen MR) is 105 cm³/mol. The zero-order valence-corrected chi connectivity index (χ0v) is 16.9. The van der Waals surface area contributed by atoms with E-state index in [2.05, 4.69) is 40.1 Å². The number of ether oxygens (including phenoxy) is 1. The van der Waals surface area contributed by atoms with Crippen molar-refractivity contribution in [1.29, 1.82) is 0 Å². The van der Waals surface area contributed by atoms with Crippen LogP contribution in [0.25, 0.3) is 0 Å². The lowest BCUT2D eigenvalue weighted by molar-refractivity contribution is 0.102. The number of nitrogens with zero attached hydrogens (tertiary/aromatic N) is 1. The molecule has 0 aliphatic rings. The monoisotopic (exact) mass is 394 g/mol. The van der Waals surface area contributed by atoms with Crippen LogP contribution < -0.4 is 10.1 Å². The maximum absolute atomic E-state index is 12.1. The zero-order valence-electron chi connectivity index (χ0n) is 15.3. The summed E-state index contributed by atoms with van der Waals surface area (Å²) in [5.74, 6) is 0.509. The molecular formula is C19H27BrN2O2. The Morgan fingerprint density at radius 2 is 1.88 bits per heavy atom. The highest BCUT2D eigenvalue weighted by atomic mass is 79.9. The lowest BCUT2D eigenvalue weighted by atomic mass is 10.2. The van der Waals surface area contributed by atoms with Gasteiger partial charge in [-0.2, -0.15) is 0 Å². The number of benzene rings is 1. The quantitative estimate of drug-likeness (QED) is 0.709. The van der Waals surface area contributed by atoms with E-state index in [-0.39, 0.29) is 5.91 Å². The van der Waals surface area contributed by atoms with Gasteiger partial charge in [0, 0.05) is 16.4 Å². The number of rotatable bonds is 3. The van der Waals surface area contributed by atoms with E-state index in [0.29, 0.717) is 10.2 Å². The minimum atomic E-state index is -0.249. The molecule has 1 amide bonds. The molecule has 0 saturated carbocycles. The molecule has 5 heteroatoms. The average molecular weight is 395 g/mol. The van der Waals surface area contributed by atoms with Gasteiger partial charge in [0.15, 0.2) is 0 Å².